The summed E-state index contributed by atoms with van der Waals surface area (Å²) in [5.41, 5.74) is 0.596. The van der Waals surface area contributed by atoms with Crippen molar-refractivity contribution in [1.29, 1.82) is 0 Å². The van der Waals surface area contributed by atoms with Crippen LogP contribution in [0.25, 0.3) is 0 Å². The summed E-state index contributed by atoms with van der Waals surface area (Å²) in [7, 11) is -3.58. The molecule has 0 atom stereocenters. The molecule has 0 aliphatic rings. The summed E-state index contributed by atoms with van der Waals surface area (Å²) >= 11 is 0. The lowest BCUT2D eigenvalue weighted by molar-refractivity contribution is -0.154. The summed E-state index contributed by atoms with van der Waals surface area (Å²) in [6.07, 6.45) is 1.65. The van der Waals surface area contributed by atoms with Gasteiger partial charge < -0.3 is 4.74 Å². The first-order valence-electron chi connectivity index (χ1n) is 6.79. The van der Waals surface area contributed by atoms with E-state index in [0.717, 1.165) is 11.8 Å². The zero-order valence-corrected chi connectivity index (χ0v) is 14.0. The Labute approximate surface area is 130 Å². The number of ether oxygens (including phenoxy) is 1. The fraction of sp³-hybridized carbons (Fsp3) is 0.467. The Morgan fingerprint density at radius 3 is 2.14 bits per heavy atom. The zero-order chi connectivity index (χ0) is 17.0. The van der Waals surface area contributed by atoms with Crippen molar-refractivity contribution in [2.24, 2.45) is 0 Å². The van der Waals surface area contributed by atoms with E-state index in [1.165, 1.54) is 12.1 Å². The molecule has 0 fully saturated rings. The lowest BCUT2D eigenvalue weighted by atomic mass is 10.1. The minimum atomic E-state index is -3.58. The number of benzene rings is 1. The van der Waals surface area contributed by atoms with Crippen LogP contribution in [0.1, 0.15) is 43.1 Å². The predicted molar refractivity (Wildman–Crippen MR) is 82.9 cm³/mol. The number of hydrogen-bond donors (Lipinski definition) is 1. The highest BCUT2D eigenvalue weighted by molar-refractivity contribution is 7.89. The van der Waals surface area contributed by atoms with Gasteiger partial charge in [-0.25, -0.2) is 13.1 Å². The molecule has 0 unspecified atom stereocenters. The number of esters is 1. The van der Waals surface area contributed by atoms with E-state index < -0.39 is 21.5 Å². The SMILES string of the molecule is CC(C)(C)OC(=O)CCc1ccc(C(=O)NS(C)(=O)=O)cc1. The molecule has 1 rings (SSSR count). The molecule has 7 heteroatoms. The van der Waals surface area contributed by atoms with E-state index in [-0.39, 0.29) is 18.0 Å². The summed E-state index contributed by atoms with van der Waals surface area (Å²) in [6, 6.07) is 6.40. The van der Waals surface area contributed by atoms with Crippen molar-refractivity contribution in [3.05, 3.63) is 35.4 Å². The first-order chi connectivity index (χ1) is 9.96. The Bertz CT molecular complexity index is 642. The molecule has 6 nitrogen and oxygen atoms in total. The first-order valence-corrected chi connectivity index (χ1v) is 8.68. The largest absolute Gasteiger partial charge is 0.460 e. The Morgan fingerprint density at radius 2 is 1.68 bits per heavy atom. The second kappa shape index (κ2) is 6.91. The van der Waals surface area contributed by atoms with Gasteiger partial charge in [-0.1, -0.05) is 12.1 Å². The van der Waals surface area contributed by atoms with Crippen LogP contribution in [0.4, 0.5) is 0 Å². The van der Waals surface area contributed by atoms with Crippen molar-refractivity contribution in [3.63, 3.8) is 0 Å². The Hall–Kier alpha value is -1.89. The minimum Gasteiger partial charge on any atom is -0.460 e. The van der Waals surface area contributed by atoms with Gasteiger partial charge in [0.05, 0.1) is 6.26 Å². The number of sulfonamides is 1. The number of hydrogen-bond acceptors (Lipinski definition) is 5. The standard InChI is InChI=1S/C15H21NO5S/c1-15(2,3)21-13(17)10-7-11-5-8-12(9-6-11)14(18)16-22(4,19)20/h5-6,8-9H,7,10H2,1-4H3,(H,16,18). The van der Waals surface area contributed by atoms with E-state index in [1.54, 1.807) is 32.9 Å². The van der Waals surface area contributed by atoms with Crippen LogP contribution in [0, 0.1) is 0 Å². The van der Waals surface area contributed by atoms with E-state index >= 15 is 0 Å². The lowest BCUT2D eigenvalue weighted by Gasteiger charge is -2.19. The van der Waals surface area contributed by atoms with Gasteiger partial charge in [-0.05, 0) is 44.9 Å². The van der Waals surface area contributed by atoms with Crippen LogP contribution in [-0.2, 0) is 26.0 Å². The highest BCUT2D eigenvalue weighted by Gasteiger charge is 2.16. The third-order valence-corrected chi connectivity index (χ3v) is 3.09. The average molecular weight is 327 g/mol. The third kappa shape index (κ3) is 7.21. The van der Waals surface area contributed by atoms with Crippen LogP contribution in [0.5, 0.6) is 0 Å². The Kier molecular flexibility index (Phi) is 5.71. The van der Waals surface area contributed by atoms with E-state index in [9.17, 15) is 18.0 Å². The highest BCUT2D eigenvalue weighted by atomic mass is 32.2. The molecule has 0 aliphatic heterocycles. The molecule has 0 spiro atoms. The van der Waals surface area contributed by atoms with E-state index in [4.69, 9.17) is 4.74 Å². The molecule has 0 radical (unpaired) electrons. The molecule has 0 aliphatic carbocycles. The van der Waals surface area contributed by atoms with Crippen LogP contribution in [0.3, 0.4) is 0 Å². The number of nitrogens with one attached hydrogen (secondary N) is 1. The molecule has 1 N–H and O–H groups in total. The smallest absolute Gasteiger partial charge is 0.306 e. The van der Waals surface area contributed by atoms with Crippen LogP contribution in [-0.4, -0.2) is 32.2 Å². The van der Waals surface area contributed by atoms with E-state index in [1.807, 2.05) is 4.72 Å². The predicted octanol–water partition coefficient (Wildman–Crippen LogP) is 1.65. The van der Waals surface area contributed by atoms with Gasteiger partial charge in [-0.2, -0.15) is 0 Å². The molecule has 0 saturated heterocycles. The van der Waals surface area contributed by atoms with Crippen LogP contribution >= 0.6 is 0 Å². The summed E-state index contributed by atoms with van der Waals surface area (Å²) in [4.78, 5) is 23.2. The van der Waals surface area contributed by atoms with Gasteiger partial charge in [0, 0.05) is 12.0 Å². The summed E-state index contributed by atoms with van der Waals surface area (Å²) in [5.74, 6) is -0.965. The van der Waals surface area contributed by atoms with Gasteiger partial charge in [0.25, 0.3) is 5.91 Å². The molecular formula is C15H21NO5S. The molecule has 0 aromatic heterocycles. The van der Waals surface area contributed by atoms with Gasteiger partial charge in [0.2, 0.25) is 10.0 Å². The highest BCUT2D eigenvalue weighted by Crippen LogP contribution is 2.11. The van der Waals surface area contributed by atoms with Gasteiger partial charge >= 0.3 is 5.97 Å². The van der Waals surface area contributed by atoms with Crippen molar-refractivity contribution in [3.8, 4) is 0 Å². The zero-order valence-electron chi connectivity index (χ0n) is 13.2. The molecular weight excluding hydrogens is 306 g/mol. The first kappa shape index (κ1) is 18.2. The topological polar surface area (TPSA) is 89.5 Å². The number of aryl methyl sites for hydroxylation is 1. The second-order valence-electron chi connectivity index (χ2n) is 5.99. The molecule has 1 amide bonds. The number of carbonyl (C=O) groups is 2. The van der Waals surface area contributed by atoms with Crippen molar-refractivity contribution >= 4 is 21.9 Å². The van der Waals surface area contributed by atoms with Crippen LogP contribution < -0.4 is 4.72 Å². The summed E-state index contributed by atoms with van der Waals surface area (Å²) < 4.78 is 29.1. The molecule has 0 saturated carbocycles. The number of amides is 1. The van der Waals surface area contributed by atoms with Crippen LogP contribution in [0.2, 0.25) is 0 Å². The van der Waals surface area contributed by atoms with E-state index in [0.29, 0.717) is 6.42 Å². The molecule has 1 aromatic rings. The summed E-state index contributed by atoms with van der Waals surface area (Å²) in [5, 5.41) is 0. The van der Waals surface area contributed by atoms with Gasteiger partial charge in [-0.15, -0.1) is 0 Å². The normalized spacial score (nSPS) is 11.8. The maximum Gasteiger partial charge on any atom is 0.306 e. The third-order valence-electron chi connectivity index (χ3n) is 2.53. The number of carbonyl (C=O) groups excluding carboxylic acids is 2. The maximum atomic E-state index is 11.6. The Morgan fingerprint density at radius 1 is 1.14 bits per heavy atom. The average Bonchev–Trinajstić information content (AvgIpc) is 2.33. The second-order valence-corrected chi connectivity index (χ2v) is 7.74. The minimum absolute atomic E-state index is 0.242. The van der Waals surface area contributed by atoms with Crippen molar-refractivity contribution < 1.29 is 22.7 Å². The van der Waals surface area contributed by atoms with Crippen molar-refractivity contribution in [2.75, 3.05) is 6.26 Å². The monoisotopic (exact) mass is 327 g/mol. The van der Waals surface area contributed by atoms with E-state index in [2.05, 4.69) is 0 Å². The fourth-order valence-electron chi connectivity index (χ4n) is 1.69. The quantitative estimate of drug-likeness (QED) is 0.831. The lowest BCUT2D eigenvalue weighted by Crippen LogP contribution is -2.29. The van der Waals surface area contributed by atoms with Crippen molar-refractivity contribution in [2.45, 2.75) is 39.2 Å². The maximum absolute atomic E-state index is 11.6. The fourth-order valence-corrected chi connectivity index (χ4v) is 2.14. The Balaban J connectivity index is 2.59. The molecule has 1 aromatic carbocycles. The molecule has 22 heavy (non-hydrogen) atoms. The van der Waals surface area contributed by atoms with Crippen LogP contribution in [0.15, 0.2) is 24.3 Å². The number of rotatable bonds is 5. The molecule has 122 valence electrons. The van der Waals surface area contributed by atoms with Gasteiger partial charge in [0.1, 0.15) is 5.60 Å². The molecule has 0 heterocycles. The summed E-state index contributed by atoms with van der Waals surface area (Å²) in [6.45, 7) is 5.42. The van der Waals surface area contributed by atoms with Gasteiger partial charge in [0.15, 0.2) is 0 Å². The van der Waals surface area contributed by atoms with Gasteiger partial charge in [-0.3, -0.25) is 9.59 Å². The molecule has 0 bridgehead atoms. The van der Waals surface area contributed by atoms with Crippen molar-refractivity contribution in [1.82, 2.24) is 4.72 Å².